The number of nitrogens with one attached hydrogen (secondary N) is 1. The van der Waals surface area contributed by atoms with E-state index in [4.69, 9.17) is 18.9 Å². The third-order valence-electron chi connectivity index (χ3n) is 5.19. The lowest BCUT2D eigenvalue weighted by Gasteiger charge is -2.28. The van der Waals surface area contributed by atoms with Gasteiger partial charge in [-0.15, -0.1) is 0 Å². The van der Waals surface area contributed by atoms with Crippen molar-refractivity contribution in [1.82, 2.24) is 5.32 Å². The lowest BCUT2D eigenvalue weighted by atomic mass is 9.88. The molecule has 0 amide bonds. The average molecular weight is 369 g/mol. The van der Waals surface area contributed by atoms with Crippen LogP contribution in [0.4, 0.5) is 0 Å². The van der Waals surface area contributed by atoms with E-state index in [1.54, 1.807) is 7.11 Å². The lowest BCUT2D eigenvalue weighted by molar-refractivity contribution is -0.139. The molecule has 2 aliphatic heterocycles. The van der Waals surface area contributed by atoms with Gasteiger partial charge < -0.3 is 24.3 Å². The fourth-order valence-electron chi connectivity index (χ4n) is 3.77. The normalized spacial score (nSPS) is 17.3. The summed E-state index contributed by atoms with van der Waals surface area (Å²) >= 11 is 0. The van der Waals surface area contributed by atoms with Crippen molar-refractivity contribution < 1.29 is 23.7 Å². The van der Waals surface area contributed by atoms with Gasteiger partial charge in [-0.1, -0.05) is 6.07 Å². The molecule has 1 atom stereocenters. The second-order valence-electron chi connectivity index (χ2n) is 6.75. The van der Waals surface area contributed by atoms with Crippen molar-refractivity contribution in [1.29, 1.82) is 0 Å². The SMILES string of the molecule is COC(=O)Cc1cc2c(cc1CC1NCCc3cc(OC)ccc31)OCO2. The third kappa shape index (κ3) is 3.57. The van der Waals surface area contributed by atoms with Crippen LogP contribution in [-0.2, 0) is 28.8 Å². The Morgan fingerprint density at radius 2 is 1.93 bits per heavy atom. The molecule has 0 spiro atoms. The Morgan fingerprint density at radius 3 is 2.67 bits per heavy atom. The first kappa shape index (κ1) is 17.7. The van der Waals surface area contributed by atoms with Crippen molar-refractivity contribution in [3.05, 3.63) is 52.6 Å². The van der Waals surface area contributed by atoms with Crippen LogP contribution in [0.3, 0.4) is 0 Å². The van der Waals surface area contributed by atoms with Gasteiger partial charge in [0.2, 0.25) is 6.79 Å². The molecule has 2 aliphatic rings. The molecule has 27 heavy (non-hydrogen) atoms. The Balaban J connectivity index is 1.66. The van der Waals surface area contributed by atoms with Gasteiger partial charge in [-0.3, -0.25) is 4.79 Å². The highest BCUT2D eigenvalue weighted by Gasteiger charge is 2.24. The Labute approximate surface area is 158 Å². The number of fused-ring (bicyclic) bond motifs is 2. The van der Waals surface area contributed by atoms with Crippen LogP contribution in [0.25, 0.3) is 0 Å². The van der Waals surface area contributed by atoms with Crippen molar-refractivity contribution in [2.45, 2.75) is 25.3 Å². The van der Waals surface area contributed by atoms with E-state index in [1.165, 1.54) is 18.2 Å². The minimum atomic E-state index is -0.267. The summed E-state index contributed by atoms with van der Waals surface area (Å²) in [6, 6.07) is 10.3. The maximum Gasteiger partial charge on any atom is 0.309 e. The van der Waals surface area contributed by atoms with Gasteiger partial charge in [0.15, 0.2) is 11.5 Å². The number of hydrogen-bond donors (Lipinski definition) is 1. The number of rotatable bonds is 5. The van der Waals surface area contributed by atoms with Crippen LogP contribution in [0.15, 0.2) is 30.3 Å². The van der Waals surface area contributed by atoms with E-state index in [-0.39, 0.29) is 25.2 Å². The zero-order chi connectivity index (χ0) is 18.8. The van der Waals surface area contributed by atoms with Crippen LogP contribution >= 0.6 is 0 Å². The van der Waals surface area contributed by atoms with Crippen molar-refractivity contribution in [2.75, 3.05) is 27.6 Å². The monoisotopic (exact) mass is 369 g/mol. The summed E-state index contributed by atoms with van der Waals surface area (Å²) in [6.45, 7) is 1.11. The maximum atomic E-state index is 11.9. The minimum absolute atomic E-state index is 0.163. The highest BCUT2D eigenvalue weighted by Crippen LogP contribution is 2.37. The highest BCUT2D eigenvalue weighted by atomic mass is 16.7. The van der Waals surface area contributed by atoms with Crippen molar-refractivity contribution in [3.63, 3.8) is 0 Å². The number of hydrogen-bond acceptors (Lipinski definition) is 6. The number of carbonyl (C=O) groups is 1. The first-order valence-electron chi connectivity index (χ1n) is 9.06. The summed E-state index contributed by atoms with van der Waals surface area (Å²) in [6.07, 6.45) is 1.94. The fourth-order valence-corrected chi connectivity index (χ4v) is 3.77. The zero-order valence-electron chi connectivity index (χ0n) is 15.5. The molecular weight excluding hydrogens is 346 g/mol. The molecule has 2 aromatic rings. The molecule has 4 rings (SSSR count). The number of esters is 1. The Morgan fingerprint density at radius 1 is 1.15 bits per heavy atom. The van der Waals surface area contributed by atoms with Crippen LogP contribution in [0.1, 0.15) is 28.3 Å². The number of ether oxygens (including phenoxy) is 4. The van der Waals surface area contributed by atoms with Gasteiger partial charge in [0, 0.05) is 6.04 Å². The number of carbonyl (C=O) groups excluding carboxylic acids is 1. The molecule has 6 heteroatoms. The van der Waals surface area contributed by atoms with Gasteiger partial charge in [-0.2, -0.15) is 0 Å². The van der Waals surface area contributed by atoms with E-state index < -0.39 is 0 Å². The maximum absolute atomic E-state index is 11.9. The lowest BCUT2D eigenvalue weighted by Crippen LogP contribution is -2.31. The molecule has 142 valence electrons. The molecule has 0 saturated carbocycles. The van der Waals surface area contributed by atoms with Crippen molar-refractivity contribution in [2.24, 2.45) is 0 Å². The van der Waals surface area contributed by atoms with Crippen molar-refractivity contribution >= 4 is 5.97 Å². The first-order valence-corrected chi connectivity index (χ1v) is 9.06. The minimum Gasteiger partial charge on any atom is -0.497 e. The van der Waals surface area contributed by atoms with Gasteiger partial charge in [0.25, 0.3) is 0 Å². The van der Waals surface area contributed by atoms with Crippen molar-refractivity contribution in [3.8, 4) is 17.2 Å². The van der Waals surface area contributed by atoms with E-state index >= 15 is 0 Å². The molecule has 0 aliphatic carbocycles. The molecule has 0 fully saturated rings. The largest absolute Gasteiger partial charge is 0.497 e. The van der Waals surface area contributed by atoms with E-state index in [9.17, 15) is 4.79 Å². The van der Waals surface area contributed by atoms with Gasteiger partial charge in [-0.25, -0.2) is 0 Å². The summed E-state index contributed by atoms with van der Waals surface area (Å²) in [5.41, 5.74) is 4.54. The van der Waals surface area contributed by atoms with E-state index in [1.807, 2.05) is 18.2 Å². The first-order chi connectivity index (χ1) is 13.2. The standard InChI is InChI=1S/C21H23NO5/c1-24-16-3-4-17-13(7-16)5-6-22-18(17)8-14-9-19-20(27-12-26-19)10-15(14)11-21(23)25-2/h3-4,7,9-10,18,22H,5-6,8,11-12H2,1-2H3. The summed E-state index contributed by atoms with van der Waals surface area (Å²) in [5.74, 6) is 2.02. The predicted molar refractivity (Wildman–Crippen MR) is 99.4 cm³/mol. The fraction of sp³-hybridized carbons (Fsp3) is 0.381. The van der Waals surface area contributed by atoms with Crippen LogP contribution in [0.2, 0.25) is 0 Å². The van der Waals surface area contributed by atoms with Gasteiger partial charge in [0.1, 0.15) is 5.75 Å². The summed E-state index contributed by atoms with van der Waals surface area (Å²) in [5, 5.41) is 3.59. The average Bonchev–Trinajstić information content (AvgIpc) is 3.15. The smallest absolute Gasteiger partial charge is 0.309 e. The summed E-state index contributed by atoms with van der Waals surface area (Å²) in [7, 11) is 3.09. The topological polar surface area (TPSA) is 66.0 Å². The van der Waals surface area contributed by atoms with Gasteiger partial charge >= 0.3 is 5.97 Å². The zero-order valence-corrected chi connectivity index (χ0v) is 15.5. The van der Waals surface area contributed by atoms with Gasteiger partial charge in [-0.05, 0) is 65.9 Å². The molecule has 1 unspecified atom stereocenters. The van der Waals surface area contributed by atoms with Crippen LogP contribution < -0.4 is 19.5 Å². The molecule has 0 saturated heterocycles. The molecule has 0 aromatic heterocycles. The predicted octanol–water partition coefficient (Wildman–Crippen LogP) is 2.57. The van der Waals surface area contributed by atoms with Crippen LogP contribution in [0.5, 0.6) is 17.2 Å². The summed E-state index contributed by atoms with van der Waals surface area (Å²) < 4.78 is 21.2. The molecule has 2 heterocycles. The Hall–Kier alpha value is -2.73. The second-order valence-corrected chi connectivity index (χ2v) is 6.75. The van der Waals surface area contributed by atoms with E-state index in [2.05, 4.69) is 17.4 Å². The van der Waals surface area contributed by atoms with Gasteiger partial charge in [0.05, 0.1) is 20.6 Å². The molecular formula is C21H23NO5. The van der Waals surface area contributed by atoms with Crippen LogP contribution in [-0.4, -0.2) is 33.5 Å². The van der Waals surface area contributed by atoms with E-state index in [0.29, 0.717) is 5.75 Å². The molecule has 6 nitrogen and oxygen atoms in total. The quantitative estimate of drug-likeness (QED) is 0.817. The van der Waals surface area contributed by atoms with Crippen LogP contribution in [0, 0.1) is 0 Å². The summed E-state index contributed by atoms with van der Waals surface area (Å²) in [4.78, 5) is 11.9. The van der Waals surface area contributed by atoms with E-state index in [0.717, 1.165) is 42.0 Å². The number of methoxy groups -OCH3 is 2. The number of benzene rings is 2. The third-order valence-corrected chi connectivity index (χ3v) is 5.19. The molecule has 0 radical (unpaired) electrons. The molecule has 0 bridgehead atoms. The Kier molecular flexibility index (Phi) is 4.90. The second kappa shape index (κ2) is 7.48. The Bertz CT molecular complexity index is 864. The molecule has 1 N–H and O–H groups in total. The highest BCUT2D eigenvalue weighted by molar-refractivity contribution is 5.73. The molecule has 2 aromatic carbocycles.